The monoisotopic (exact) mass is 359 g/mol. The largest absolute Gasteiger partial charge is 0.465 e. The average molecular weight is 359 g/mol. The zero-order valence-electron chi connectivity index (χ0n) is 15.3. The first-order valence-electron chi connectivity index (χ1n) is 8.82. The van der Waals surface area contributed by atoms with E-state index in [0.29, 0.717) is 18.1 Å². The van der Waals surface area contributed by atoms with E-state index in [1.165, 1.54) is 7.11 Å². The lowest BCUT2D eigenvalue weighted by Crippen LogP contribution is -2.45. The van der Waals surface area contributed by atoms with Crippen molar-refractivity contribution < 1.29 is 24.1 Å². The summed E-state index contributed by atoms with van der Waals surface area (Å²) in [6, 6.07) is 7.58. The van der Waals surface area contributed by atoms with Crippen LogP contribution in [0.2, 0.25) is 0 Å². The number of nitrogens with zero attached hydrogens (tertiary/aromatic N) is 1. The molecular weight excluding hydrogens is 334 g/mol. The molecule has 6 nitrogen and oxygen atoms in total. The van der Waals surface area contributed by atoms with Gasteiger partial charge in [0.2, 0.25) is 0 Å². The van der Waals surface area contributed by atoms with Crippen molar-refractivity contribution in [3.05, 3.63) is 53.4 Å². The molecule has 2 heterocycles. The molecule has 1 N–H and O–H groups in total. The first kappa shape index (κ1) is 18.5. The molecule has 1 aromatic carbocycles. The van der Waals surface area contributed by atoms with Crippen molar-refractivity contribution in [3.63, 3.8) is 0 Å². The van der Waals surface area contributed by atoms with Gasteiger partial charge in [-0.2, -0.15) is 0 Å². The van der Waals surface area contributed by atoms with Crippen molar-refractivity contribution in [1.29, 1.82) is 0 Å². The summed E-state index contributed by atoms with van der Waals surface area (Å²) in [6.45, 7) is 4.63. The van der Waals surface area contributed by atoms with Gasteiger partial charge in [-0.25, -0.2) is 4.79 Å². The number of benzene rings is 1. The van der Waals surface area contributed by atoms with Crippen LogP contribution in [0.25, 0.3) is 0 Å². The van der Waals surface area contributed by atoms with E-state index in [1.54, 1.807) is 17.2 Å². The third kappa shape index (κ3) is 4.08. The van der Waals surface area contributed by atoms with E-state index >= 15 is 0 Å². The smallest absolute Gasteiger partial charge is 0.343 e. The quantitative estimate of drug-likeness (QED) is 0.833. The highest BCUT2D eigenvalue weighted by Gasteiger charge is 2.33. The Kier molecular flexibility index (Phi) is 5.64. The number of rotatable bonds is 4. The van der Waals surface area contributed by atoms with Gasteiger partial charge in [0.1, 0.15) is 23.3 Å². The third-order valence-corrected chi connectivity index (χ3v) is 4.68. The van der Waals surface area contributed by atoms with E-state index in [1.807, 2.05) is 38.1 Å². The van der Waals surface area contributed by atoms with E-state index in [9.17, 15) is 9.90 Å². The summed E-state index contributed by atoms with van der Waals surface area (Å²) in [5, 5.41) is 10.6. The van der Waals surface area contributed by atoms with Crippen LogP contribution in [0.1, 0.15) is 25.3 Å². The molecule has 140 valence electrons. The second-order valence-corrected chi connectivity index (χ2v) is 6.70. The predicted molar refractivity (Wildman–Crippen MR) is 96.3 cm³/mol. The maximum atomic E-state index is 12.3. The van der Waals surface area contributed by atoms with Gasteiger partial charge in [-0.1, -0.05) is 17.7 Å². The van der Waals surface area contributed by atoms with Crippen molar-refractivity contribution in [2.45, 2.75) is 45.1 Å². The van der Waals surface area contributed by atoms with Gasteiger partial charge in [0.25, 0.3) is 0 Å². The molecule has 0 amide bonds. The number of carbonyl (C=O) groups is 1. The van der Waals surface area contributed by atoms with Gasteiger partial charge in [0.05, 0.1) is 13.2 Å². The normalized spacial score (nSPS) is 26.0. The first-order chi connectivity index (χ1) is 12.5. The minimum Gasteiger partial charge on any atom is -0.465 e. The summed E-state index contributed by atoms with van der Waals surface area (Å²) in [4.78, 5) is 14.1. The van der Waals surface area contributed by atoms with Gasteiger partial charge < -0.3 is 24.2 Å². The van der Waals surface area contributed by atoms with Crippen molar-refractivity contribution in [2.24, 2.45) is 0 Å². The Morgan fingerprint density at radius 1 is 1.31 bits per heavy atom. The van der Waals surface area contributed by atoms with Gasteiger partial charge in [-0.3, -0.25) is 0 Å². The number of hydrogen-bond donors (Lipinski definition) is 1. The average Bonchev–Trinajstić information content (AvgIpc) is 2.63. The fourth-order valence-electron chi connectivity index (χ4n) is 3.25. The fraction of sp³-hybridized carbons (Fsp3) is 0.450. The number of esters is 1. The second kappa shape index (κ2) is 7.93. The Labute approximate surface area is 153 Å². The Hall–Kier alpha value is -2.31. The molecule has 0 bridgehead atoms. The predicted octanol–water partition coefficient (Wildman–Crippen LogP) is 2.52. The fourth-order valence-corrected chi connectivity index (χ4v) is 3.25. The Morgan fingerprint density at radius 2 is 2.04 bits per heavy atom. The summed E-state index contributed by atoms with van der Waals surface area (Å²) in [7, 11) is 1.33. The second-order valence-electron chi connectivity index (χ2n) is 6.70. The molecular formula is C20H25NO5. The maximum absolute atomic E-state index is 12.3. The number of aliphatic hydroxyl groups excluding tert-OH is 1. The Bertz CT molecular complexity index is 709. The van der Waals surface area contributed by atoms with Crippen molar-refractivity contribution >= 4 is 5.97 Å². The van der Waals surface area contributed by atoms with Crippen LogP contribution in [-0.4, -0.2) is 48.1 Å². The summed E-state index contributed by atoms with van der Waals surface area (Å²) < 4.78 is 16.3. The van der Waals surface area contributed by atoms with Gasteiger partial charge in [0, 0.05) is 24.9 Å². The molecule has 6 heteroatoms. The summed E-state index contributed by atoms with van der Waals surface area (Å²) >= 11 is 0. The zero-order chi connectivity index (χ0) is 18.7. The number of aliphatic hydroxyl groups is 1. The van der Waals surface area contributed by atoms with Gasteiger partial charge >= 0.3 is 5.97 Å². The van der Waals surface area contributed by atoms with Crippen LogP contribution in [0.5, 0.6) is 5.75 Å². The minimum absolute atomic E-state index is 0.0885. The number of aryl methyl sites for hydroxylation is 1. The zero-order valence-corrected chi connectivity index (χ0v) is 15.3. The molecule has 3 rings (SSSR count). The summed E-state index contributed by atoms with van der Waals surface area (Å²) in [6.07, 6.45) is 4.00. The number of methoxy groups -OCH3 is 1. The number of ether oxygens (including phenoxy) is 3. The molecule has 1 fully saturated rings. The molecule has 3 unspecified atom stereocenters. The molecule has 1 saturated heterocycles. The maximum Gasteiger partial charge on any atom is 0.343 e. The minimum atomic E-state index is -0.876. The number of carbonyl (C=O) groups excluding carboxylic acids is 1. The van der Waals surface area contributed by atoms with Crippen molar-refractivity contribution in [2.75, 3.05) is 13.7 Å². The standard InChI is InChI=1S/C20H25NO5/c1-13-4-6-16(7-5-13)26-18-11-19(22)21(12-17(18)20(23)24-3)15-8-9-25-14(2)10-15/h4-7,11-12,14-15,19,22H,8-10H2,1-3H3. The van der Waals surface area contributed by atoms with E-state index in [0.717, 1.165) is 18.4 Å². The van der Waals surface area contributed by atoms with Crippen LogP contribution in [0, 0.1) is 6.92 Å². The van der Waals surface area contributed by atoms with Gasteiger partial charge in [-0.05, 0) is 38.8 Å². The summed E-state index contributed by atoms with van der Waals surface area (Å²) in [5.74, 6) is 0.391. The van der Waals surface area contributed by atoms with E-state index in [4.69, 9.17) is 14.2 Å². The van der Waals surface area contributed by atoms with Gasteiger partial charge in [0.15, 0.2) is 0 Å². The Morgan fingerprint density at radius 3 is 2.69 bits per heavy atom. The molecule has 2 aliphatic heterocycles. The molecule has 0 aromatic heterocycles. The van der Waals surface area contributed by atoms with Crippen LogP contribution >= 0.6 is 0 Å². The molecule has 0 aliphatic carbocycles. The van der Waals surface area contributed by atoms with Gasteiger partial charge in [-0.15, -0.1) is 0 Å². The Balaban J connectivity index is 1.85. The number of hydrogen-bond acceptors (Lipinski definition) is 6. The summed E-state index contributed by atoms with van der Waals surface area (Å²) in [5.41, 5.74) is 1.40. The SMILES string of the molecule is COC(=O)C1=CN(C2CCOC(C)C2)C(O)C=C1Oc1ccc(C)cc1. The molecule has 1 aromatic rings. The lowest BCUT2D eigenvalue weighted by atomic mass is 10.0. The van der Waals surface area contributed by atoms with E-state index < -0.39 is 12.2 Å². The third-order valence-electron chi connectivity index (χ3n) is 4.68. The van der Waals surface area contributed by atoms with Crippen molar-refractivity contribution in [3.8, 4) is 5.75 Å². The molecule has 0 saturated carbocycles. The topological polar surface area (TPSA) is 68.2 Å². The van der Waals surface area contributed by atoms with Crippen LogP contribution in [0.15, 0.2) is 47.9 Å². The molecule has 0 radical (unpaired) electrons. The van der Waals surface area contributed by atoms with Crippen LogP contribution < -0.4 is 4.74 Å². The van der Waals surface area contributed by atoms with Crippen LogP contribution in [-0.2, 0) is 14.3 Å². The highest BCUT2D eigenvalue weighted by molar-refractivity contribution is 5.93. The van der Waals surface area contributed by atoms with Crippen LogP contribution in [0.3, 0.4) is 0 Å². The molecule has 2 aliphatic rings. The molecule has 3 atom stereocenters. The van der Waals surface area contributed by atoms with E-state index in [-0.39, 0.29) is 17.7 Å². The lowest BCUT2D eigenvalue weighted by Gasteiger charge is -2.40. The highest BCUT2D eigenvalue weighted by atomic mass is 16.5. The lowest BCUT2D eigenvalue weighted by molar-refractivity contribution is -0.136. The van der Waals surface area contributed by atoms with E-state index in [2.05, 4.69) is 0 Å². The first-order valence-corrected chi connectivity index (χ1v) is 8.82. The highest BCUT2D eigenvalue weighted by Crippen LogP contribution is 2.29. The van der Waals surface area contributed by atoms with Crippen LogP contribution in [0.4, 0.5) is 0 Å². The molecule has 26 heavy (non-hydrogen) atoms. The van der Waals surface area contributed by atoms with Crippen molar-refractivity contribution in [1.82, 2.24) is 4.90 Å². The molecule has 0 spiro atoms.